The van der Waals surface area contributed by atoms with E-state index in [-0.39, 0.29) is 33.7 Å². The molecule has 0 saturated heterocycles. The fraction of sp³-hybridized carbons (Fsp3) is 0.241. The average Bonchev–Trinajstić information content (AvgIpc) is 2.54. The number of benzene rings is 10. The molecule has 462 valence electrons. The molecule has 0 amide bonds. The van der Waals surface area contributed by atoms with Crippen molar-refractivity contribution >= 4 is 18.2 Å². The molecule has 1 unspecified atom stereocenters. The van der Waals surface area contributed by atoms with Gasteiger partial charge in [0, 0.05) is 34.0 Å². The molecule has 0 spiro atoms. The largest absolute Gasteiger partial charge is 1.00 e. The number of carbonyl (C=O) groups excluding carboxylic acids is 1. The second kappa shape index (κ2) is 37.4. The summed E-state index contributed by atoms with van der Waals surface area (Å²) in [7, 11) is 6.79. The fourth-order valence-corrected chi connectivity index (χ4v) is 11.1. The zero-order chi connectivity index (χ0) is 62.2. The van der Waals surface area contributed by atoms with Gasteiger partial charge in [-0.2, -0.15) is 0 Å². The third-order valence-corrected chi connectivity index (χ3v) is 15.5. The normalized spacial score (nSPS) is 10.9. The van der Waals surface area contributed by atoms with Crippen molar-refractivity contribution in [2.75, 3.05) is 28.4 Å². The number of aldehydes is 1. The van der Waals surface area contributed by atoms with Crippen LogP contribution in [0.5, 0.6) is 23.0 Å². The molecule has 10 aromatic rings. The maximum Gasteiger partial charge on any atom is 1.00 e. The molecule has 0 aliphatic heterocycles. The first-order chi connectivity index (χ1) is 42.2. The number of rotatable bonds is 18. The quantitative estimate of drug-likeness (QED) is 0.0371. The number of aliphatic imine (C=N–C) groups is 1. The molecule has 10 aromatic carbocycles. The summed E-state index contributed by atoms with van der Waals surface area (Å²) < 4.78 is 22.3. The van der Waals surface area contributed by atoms with Crippen LogP contribution in [0.15, 0.2) is 242 Å². The summed E-state index contributed by atoms with van der Waals surface area (Å²) in [6, 6.07) is 80.6. The van der Waals surface area contributed by atoms with E-state index >= 15 is 0 Å². The Morgan fingerprint density at radius 1 is 0.356 bits per heavy atom. The SMILES string of the molecule is C.COc1c(-c2ccccc2)cccc1C(C)Cc1c(C(C)C)cccc1C(C)C.COc1c(C=Nc2c(C(C)C)cccc2C(C)C)cccc1-c1ccccc1.COc1c(C=O)cccc1-c1ccccc1.COc1ccccc1-c1ccccc1.[CH3-].[Li+]. The van der Waals surface area contributed by atoms with Crippen LogP contribution in [0.3, 0.4) is 0 Å². The van der Waals surface area contributed by atoms with Gasteiger partial charge in [0.25, 0.3) is 0 Å². The molecule has 0 aliphatic rings. The van der Waals surface area contributed by atoms with Crippen LogP contribution >= 0.6 is 0 Å². The van der Waals surface area contributed by atoms with Gasteiger partial charge in [-0.15, -0.1) is 0 Å². The molecule has 90 heavy (non-hydrogen) atoms. The molecule has 0 heterocycles. The second-order valence-corrected chi connectivity index (χ2v) is 22.7. The summed E-state index contributed by atoms with van der Waals surface area (Å²) >= 11 is 0. The van der Waals surface area contributed by atoms with Crippen molar-refractivity contribution in [2.24, 2.45) is 4.99 Å². The van der Waals surface area contributed by atoms with Crippen LogP contribution in [0.2, 0.25) is 0 Å². The maximum absolute atomic E-state index is 10.9. The molecule has 1 atom stereocenters. The Bertz CT molecular complexity index is 3710. The first-order valence-corrected chi connectivity index (χ1v) is 30.3. The van der Waals surface area contributed by atoms with Crippen LogP contribution in [0.25, 0.3) is 44.5 Å². The Kier molecular flexibility index (Phi) is 30.6. The predicted molar refractivity (Wildman–Crippen MR) is 381 cm³/mol. The van der Waals surface area contributed by atoms with E-state index in [9.17, 15) is 4.79 Å². The van der Waals surface area contributed by atoms with Gasteiger partial charge < -0.3 is 26.4 Å². The summed E-state index contributed by atoms with van der Waals surface area (Å²) in [5.41, 5.74) is 19.8. The van der Waals surface area contributed by atoms with Crippen molar-refractivity contribution in [3.8, 4) is 67.5 Å². The molecule has 7 heteroatoms. The molecule has 0 bridgehead atoms. The fourth-order valence-electron chi connectivity index (χ4n) is 11.1. The van der Waals surface area contributed by atoms with Crippen molar-refractivity contribution < 1.29 is 42.6 Å². The number of nitrogens with zero attached hydrogens (tertiary/aromatic N) is 1. The first kappa shape index (κ1) is 73.8. The van der Waals surface area contributed by atoms with E-state index in [1.54, 1.807) is 34.5 Å². The molecule has 10 rings (SSSR count). The summed E-state index contributed by atoms with van der Waals surface area (Å²) in [5.74, 6) is 5.65. The zero-order valence-corrected chi connectivity index (χ0v) is 55.3. The number of methoxy groups -OCH3 is 4. The molecule has 0 aromatic heterocycles. The van der Waals surface area contributed by atoms with Gasteiger partial charge >= 0.3 is 18.9 Å². The van der Waals surface area contributed by atoms with Gasteiger partial charge in [0.05, 0.1) is 39.7 Å². The molecule has 6 nitrogen and oxygen atoms in total. The number of hydrogen-bond donors (Lipinski definition) is 0. The third kappa shape index (κ3) is 19.2. The van der Waals surface area contributed by atoms with Gasteiger partial charge in [-0.1, -0.05) is 288 Å². The molecule has 0 radical (unpaired) electrons. The summed E-state index contributed by atoms with van der Waals surface area (Å²) in [4.78, 5) is 15.8. The van der Waals surface area contributed by atoms with Crippen molar-refractivity contribution in [3.05, 3.63) is 289 Å². The molecule has 0 saturated carbocycles. The van der Waals surface area contributed by atoms with Crippen LogP contribution < -0.4 is 37.8 Å². The van der Waals surface area contributed by atoms with E-state index in [0.29, 0.717) is 40.9 Å². The second-order valence-electron chi connectivity index (χ2n) is 22.7. The van der Waals surface area contributed by atoms with E-state index in [1.807, 2.05) is 103 Å². The van der Waals surface area contributed by atoms with E-state index in [2.05, 4.69) is 196 Å². The van der Waals surface area contributed by atoms with Gasteiger partial charge in [-0.05, 0) is 110 Å². The van der Waals surface area contributed by atoms with E-state index in [1.165, 1.54) is 50.1 Å². The van der Waals surface area contributed by atoms with E-state index in [0.717, 1.165) is 69.0 Å². The van der Waals surface area contributed by atoms with Gasteiger partial charge in [-0.3, -0.25) is 9.79 Å². The van der Waals surface area contributed by atoms with Crippen molar-refractivity contribution in [1.29, 1.82) is 0 Å². The Balaban J connectivity index is 0.000000264. The minimum Gasteiger partial charge on any atom is -0.496 e. The maximum atomic E-state index is 10.9. The van der Waals surface area contributed by atoms with Crippen molar-refractivity contribution in [2.45, 2.75) is 106 Å². The molecule has 0 aliphatic carbocycles. The Morgan fingerprint density at radius 2 is 0.678 bits per heavy atom. The minimum absolute atomic E-state index is 0. The topological polar surface area (TPSA) is 66.3 Å². The minimum atomic E-state index is 0. The van der Waals surface area contributed by atoms with Crippen LogP contribution in [0.1, 0.15) is 149 Å². The smallest absolute Gasteiger partial charge is 0.496 e. The van der Waals surface area contributed by atoms with Crippen LogP contribution in [-0.2, 0) is 6.42 Å². The molecule has 0 fully saturated rings. The van der Waals surface area contributed by atoms with Gasteiger partial charge in [-0.25, -0.2) is 0 Å². The van der Waals surface area contributed by atoms with E-state index < -0.39 is 0 Å². The zero-order valence-electron chi connectivity index (χ0n) is 55.3. The third-order valence-electron chi connectivity index (χ3n) is 15.5. The molecule has 0 N–H and O–H groups in total. The summed E-state index contributed by atoms with van der Waals surface area (Å²) in [6.07, 6.45) is 3.78. The number of hydrogen-bond acceptors (Lipinski definition) is 6. The van der Waals surface area contributed by atoms with E-state index in [4.69, 9.17) is 23.9 Å². The van der Waals surface area contributed by atoms with Crippen LogP contribution in [-0.4, -0.2) is 40.9 Å². The van der Waals surface area contributed by atoms with Gasteiger partial charge in [0.2, 0.25) is 0 Å². The first-order valence-electron chi connectivity index (χ1n) is 30.3. The Morgan fingerprint density at radius 3 is 1.08 bits per heavy atom. The van der Waals surface area contributed by atoms with Crippen molar-refractivity contribution in [3.63, 3.8) is 0 Å². The number of para-hydroxylation sites is 5. The monoisotopic (exact) mass is 1190 g/mol. The number of carbonyl (C=O) groups is 1. The van der Waals surface area contributed by atoms with Crippen molar-refractivity contribution in [1.82, 2.24) is 0 Å². The average molecular weight is 1190 g/mol. The van der Waals surface area contributed by atoms with Gasteiger partial charge in [0.15, 0.2) is 6.29 Å². The standard InChI is InChI=1S/C28H34O.C26H29NO.C14H12O2.C13H12O.CH4.CH3.Li/c1-19(2)23-14-10-15-24(20(3)4)27(23)18-21(5)25-16-11-17-26(28(25)29-6)22-12-8-7-9-13-22;1-18(2)22-14-10-15-23(19(3)4)25(22)27-17-21-13-9-16-24(26(21)28-5)20-11-7-6-8-12-20;1-16-14-12(10-15)8-5-9-13(14)11-6-3-2-4-7-11;1-14-13-10-6-5-9-12(13)11-7-3-2-4-8-11;;;/h7-17,19-21H,18H2,1-6H3;6-19H,1-5H3;2-10H,1H3;2-10H,1H3;1H4;1H3;/q;;;;;-1;+1. The number of ether oxygens (including phenoxy) is 4. The Labute approximate surface area is 552 Å². The Hall–Kier alpha value is -8.66. The molecular formula is C83H94LiNO5. The predicted octanol–water partition coefficient (Wildman–Crippen LogP) is 19.9. The molecular weight excluding hydrogens is 1100 g/mol. The van der Waals surface area contributed by atoms with Gasteiger partial charge in [0.1, 0.15) is 23.0 Å². The summed E-state index contributed by atoms with van der Waals surface area (Å²) in [6.45, 7) is 20.4. The van der Waals surface area contributed by atoms with Crippen LogP contribution in [0.4, 0.5) is 5.69 Å². The van der Waals surface area contributed by atoms with Crippen LogP contribution in [0, 0.1) is 7.43 Å². The summed E-state index contributed by atoms with van der Waals surface area (Å²) in [5, 5.41) is 0.